The van der Waals surface area contributed by atoms with Crippen LogP contribution >= 0.6 is 0 Å². The van der Waals surface area contributed by atoms with Crippen LogP contribution in [-0.4, -0.2) is 38.2 Å². The van der Waals surface area contributed by atoms with Crippen LogP contribution in [0.2, 0.25) is 0 Å². The predicted octanol–water partition coefficient (Wildman–Crippen LogP) is 2.62. The fourth-order valence-electron chi connectivity index (χ4n) is 2.19. The van der Waals surface area contributed by atoms with Crippen molar-refractivity contribution in [1.82, 2.24) is 10.6 Å². The molecule has 140 valence electrons. The van der Waals surface area contributed by atoms with Crippen molar-refractivity contribution in [3.63, 3.8) is 0 Å². The van der Waals surface area contributed by atoms with Crippen LogP contribution in [-0.2, 0) is 11.3 Å². The number of rotatable bonds is 9. The third-order valence-electron chi connectivity index (χ3n) is 3.46. The minimum atomic E-state index is -0.270. The highest BCUT2D eigenvalue weighted by molar-refractivity contribution is 6.02. The van der Waals surface area contributed by atoms with Gasteiger partial charge in [0, 0.05) is 25.4 Å². The SMILES string of the molecule is CCNC(=NCc1ccc(NC(=O)c2ccco2)cc1)NCCOCC. The monoisotopic (exact) mass is 358 g/mol. The molecule has 2 aromatic rings. The Morgan fingerprint density at radius 3 is 2.62 bits per heavy atom. The van der Waals surface area contributed by atoms with Gasteiger partial charge in [0.2, 0.25) is 0 Å². The largest absolute Gasteiger partial charge is 0.459 e. The number of nitrogens with one attached hydrogen (secondary N) is 3. The molecule has 0 spiro atoms. The maximum atomic E-state index is 11.9. The highest BCUT2D eigenvalue weighted by Gasteiger charge is 2.08. The second-order valence-electron chi connectivity index (χ2n) is 5.45. The maximum Gasteiger partial charge on any atom is 0.291 e. The molecule has 1 heterocycles. The molecule has 0 unspecified atom stereocenters. The molecule has 0 radical (unpaired) electrons. The van der Waals surface area contributed by atoms with Gasteiger partial charge in [-0.3, -0.25) is 4.79 Å². The number of hydrogen-bond acceptors (Lipinski definition) is 4. The van der Waals surface area contributed by atoms with Crippen molar-refractivity contribution in [3.8, 4) is 0 Å². The molecule has 3 N–H and O–H groups in total. The van der Waals surface area contributed by atoms with E-state index in [4.69, 9.17) is 9.15 Å². The van der Waals surface area contributed by atoms with Crippen molar-refractivity contribution < 1.29 is 13.9 Å². The van der Waals surface area contributed by atoms with Crippen LogP contribution in [0.5, 0.6) is 0 Å². The topological polar surface area (TPSA) is 87.9 Å². The molecule has 7 nitrogen and oxygen atoms in total. The van der Waals surface area contributed by atoms with Gasteiger partial charge in [-0.05, 0) is 43.7 Å². The van der Waals surface area contributed by atoms with E-state index in [1.807, 2.05) is 38.1 Å². The Balaban J connectivity index is 1.87. The highest BCUT2D eigenvalue weighted by Crippen LogP contribution is 2.12. The lowest BCUT2D eigenvalue weighted by molar-refractivity contribution is 0.0996. The van der Waals surface area contributed by atoms with Crippen molar-refractivity contribution in [2.45, 2.75) is 20.4 Å². The lowest BCUT2D eigenvalue weighted by Gasteiger charge is -2.11. The van der Waals surface area contributed by atoms with Gasteiger partial charge in [-0.15, -0.1) is 0 Å². The van der Waals surface area contributed by atoms with Crippen molar-refractivity contribution >= 4 is 17.6 Å². The number of amides is 1. The summed E-state index contributed by atoms with van der Waals surface area (Å²) < 4.78 is 10.4. The molecule has 7 heteroatoms. The van der Waals surface area contributed by atoms with Crippen LogP contribution in [0.4, 0.5) is 5.69 Å². The van der Waals surface area contributed by atoms with Gasteiger partial charge in [-0.25, -0.2) is 4.99 Å². The normalized spacial score (nSPS) is 11.2. The smallest absolute Gasteiger partial charge is 0.291 e. The number of ether oxygens (including phenoxy) is 1. The number of benzene rings is 1. The average molecular weight is 358 g/mol. The van der Waals surface area contributed by atoms with Crippen LogP contribution in [0.25, 0.3) is 0 Å². The molecule has 26 heavy (non-hydrogen) atoms. The van der Waals surface area contributed by atoms with E-state index in [0.717, 1.165) is 18.1 Å². The Morgan fingerprint density at radius 2 is 1.96 bits per heavy atom. The van der Waals surface area contributed by atoms with Gasteiger partial charge < -0.3 is 25.1 Å². The van der Waals surface area contributed by atoms with E-state index >= 15 is 0 Å². The van der Waals surface area contributed by atoms with Crippen molar-refractivity contribution in [3.05, 3.63) is 54.0 Å². The standard InChI is InChI=1S/C19H26N4O3/c1-3-20-19(21-11-13-25-4-2)22-14-15-7-9-16(10-8-15)23-18(24)17-6-5-12-26-17/h5-10,12H,3-4,11,13-14H2,1-2H3,(H,23,24)(H2,20,21,22). The molecule has 0 saturated heterocycles. The van der Waals surface area contributed by atoms with Crippen LogP contribution in [0.3, 0.4) is 0 Å². The molecule has 2 rings (SSSR count). The summed E-state index contributed by atoms with van der Waals surface area (Å²) >= 11 is 0. The number of anilines is 1. The molecular weight excluding hydrogens is 332 g/mol. The Bertz CT molecular complexity index is 681. The molecular formula is C19H26N4O3. The summed E-state index contributed by atoms with van der Waals surface area (Å²) in [5.41, 5.74) is 1.75. The fraction of sp³-hybridized carbons (Fsp3) is 0.368. The average Bonchev–Trinajstić information content (AvgIpc) is 3.19. The number of hydrogen-bond donors (Lipinski definition) is 3. The quantitative estimate of drug-likeness (QED) is 0.364. The van der Waals surface area contributed by atoms with Gasteiger partial charge >= 0.3 is 0 Å². The number of guanidine groups is 1. The van der Waals surface area contributed by atoms with Crippen molar-refractivity contribution in [2.75, 3.05) is 31.6 Å². The van der Waals surface area contributed by atoms with Gasteiger partial charge in [0.15, 0.2) is 11.7 Å². The zero-order chi connectivity index (χ0) is 18.6. The Labute approximate surface area is 153 Å². The zero-order valence-corrected chi connectivity index (χ0v) is 15.2. The second kappa shape index (κ2) is 10.9. The van der Waals surface area contributed by atoms with E-state index in [0.29, 0.717) is 32.0 Å². The number of carbonyl (C=O) groups is 1. The van der Waals surface area contributed by atoms with E-state index in [1.54, 1.807) is 12.1 Å². The summed E-state index contributed by atoms with van der Waals surface area (Å²) in [5.74, 6) is 0.767. The van der Waals surface area contributed by atoms with Crippen LogP contribution < -0.4 is 16.0 Å². The second-order valence-corrected chi connectivity index (χ2v) is 5.45. The Hall–Kier alpha value is -2.80. The van der Waals surface area contributed by atoms with E-state index in [-0.39, 0.29) is 11.7 Å². The molecule has 0 aliphatic heterocycles. The summed E-state index contributed by atoms with van der Waals surface area (Å²) in [6.07, 6.45) is 1.47. The highest BCUT2D eigenvalue weighted by atomic mass is 16.5. The molecule has 0 fully saturated rings. The van der Waals surface area contributed by atoms with E-state index < -0.39 is 0 Å². The first-order valence-corrected chi connectivity index (χ1v) is 8.76. The lowest BCUT2D eigenvalue weighted by atomic mass is 10.2. The molecule has 0 aliphatic carbocycles. The summed E-state index contributed by atoms with van der Waals surface area (Å²) in [7, 11) is 0. The number of furan rings is 1. The molecule has 0 aliphatic rings. The van der Waals surface area contributed by atoms with Gasteiger partial charge in [0.1, 0.15) is 0 Å². The minimum Gasteiger partial charge on any atom is -0.459 e. The van der Waals surface area contributed by atoms with E-state index in [2.05, 4.69) is 20.9 Å². The fourth-order valence-corrected chi connectivity index (χ4v) is 2.19. The van der Waals surface area contributed by atoms with Crippen LogP contribution in [0.1, 0.15) is 30.0 Å². The first-order chi connectivity index (χ1) is 12.7. The number of carbonyl (C=O) groups excluding carboxylic acids is 1. The zero-order valence-electron chi connectivity index (χ0n) is 15.2. The predicted molar refractivity (Wildman–Crippen MR) is 102 cm³/mol. The van der Waals surface area contributed by atoms with E-state index in [1.165, 1.54) is 6.26 Å². The van der Waals surface area contributed by atoms with Gasteiger partial charge in [0.25, 0.3) is 5.91 Å². The minimum absolute atomic E-state index is 0.270. The molecule has 1 aromatic heterocycles. The summed E-state index contributed by atoms with van der Waals surface area (Å²) in [5, 5.41) is 9.21. The summed E-state index contributed by atoms with van der Waals surface area (Å²) in [6.45, 7) is 7.38. The summed E-state index contributed by atoms with van der Waals surface area (Å²) in [6, 6.07) is 10.9. The Kier molecular flexibility index (Phi) is 8.21. The molecule has 0 atom stereocenters. The van der Waals surface area contributed by atoms with Gasteiger partial charge in [0.05, 0.1) is 19.4 Å². The third kappa shape index (κ3) is 6.60. The van der Waals surface area contributed by atoms with Gasteiger partial charge in [-0.1, -0.05) is 12.1 Å². The van der Waals surface area contributed by atoms with Crippen molar-refractivity contribution in [2.24, 2.45) is 4.99 Å². The first kappa shape index (κ1) is 19.5. The summed E-state index contributed by atoms with van der Waals surface area (Å²) in [4.78, 5) is 16.5. The lowest BCUT2D eigenvalue weighted by Crippen LogP contribution is -2.39. The molecule has 0 saturated carbocycles. The van der Waals surface area contributed by atoms with E-state index in [9.17, 15) is 4.79 Å². The molecule has 1 amide bonds. The molecule has 0 bridgehead atoms. The third-order valence-corrected chi connectivity index (χ3v) is 3.46. The van der Waals surface area contributed by atoms with Crippen LogP contribution in [0, 0.1) is 0 Å². The Morgan fingerprint density at radius 1 is 1.15 bits per heavy atom. The number of aliphatic imine (C=N–C) groups is 1. The number of nitrogens with zero attached hydrogens (tertiary/aromatic N) is 1. The van der Waals surface area contributed by atoms with Crippen LogP contribution in [0.15, 0.2) is 52.1 Å². The maximum absolute atomic E-state index is 11.9. The van der Waals surface area contributed by atoms with Gasteiger partial charge in [-0.2, -0.15) is 0 Å². The van der Waals surface area contributed by atoms with Crippen molar-refractivity contribution in [1.29, 1.82) is 0 Å². The molecule has 1 aromatic carbocycles. The first-order valence-electron chi connectivity index (χ1n) is 8.76.